The number of rotatable bonds is 12. The molecule has 0 aliphatic heterocycles. The molecule has 0 fully saturated rings. The van der Waals surface area contributed by atoms with Crippen LogP contribution in [-0.2, 0) is 27.1 Å². The average Bonchev–Trinajstić information content (AvgIpc) is 3.15. The molecule has 0 spiro atoms. The molecule has 8 heteroatoms. The van der Waals surface area contributed by atoms with Gasteiger partial charge in [0.15, 0.2) is 0 Å². The molecule has 0 aliphatic carbocycles. The second-order valence-corrected chi connectivity index (χ2v) is 7.80. The van der Waals surface area contributed by atoms with Crippen molar-refractivity contribution in [1.29, 1.82) is 0 Å². The molecule has 2 aromatic carbocycles. The van der Waals surface area contributed by atoms with Gasteiger partial charge in [0, 0.05) is 19.8 Å². The SMILES string of the molecule is O=C(COCCCOCCc1ccccc1)NCCc1ccc(O)c2[nH]c(=O)sc12. The lowest BCUT2D eigenvalue weighted by Gasteiger charge is -2.08. The third kappa shape index (κ3) is 6.69. The van der Waals surface area contributed by atoms with Crippen LogP contribution in [0.1, 0.15) is 17.5 Å². The second kappa shape index (κ2) is 11.5. The second-order valence-electron chi connectivity index (χ2n) is 6.82. The van der Waals surface area contributed by atoms with Gasteiger partial charge in [-0.2, -0.15) is 0 Å². The standard InChI is InChI=1S/C22H26N2O5S/c25-18-8-7-17(21-20(18)24-22(27)30-21)9-11-23-19(26)15-29-13-4-12-28-14-10-16-5-2-1-3-6-16/h1-3,5-8,25H,4,9-15H2,(H,23,26)(H,24,27). The first kappa shape index (κ1) is 22.0. The highest BCUT2D eigenvalue weighted by Crippen LogP contribution is 2.27. The van der Waals surface area contributed by atoms with Crippen LogP contribution in [0.2, 0.25) is 0 Å². The Labute approximate surface area is 178 Å². The van der Waals surface area contributed by atoms with E-state index >= 15 is 0 Å². The summed E-state index contributed by atoms with van der Waals surface area (Å²) in [4.78, 5) is 25.8. The molecule has 0 saturated heterocycles. The van der Waals surface area contributed by atoms with Gasteiger partial charge in [-0.05, 0) is 36.5 Å². The number of thiazole rings is 1. The summed E-state index contributed by atoms with van der Waals surface area (Å²) < 4.78 is 11.7. The summed E-state index contributed by atoms with van der Waals surface area (Å²) in [5.41, 5.74) is 2.60. The molecule has 1 amide bonds. The number of carbonyl (C=O) groups excluding carboxylic acids is 1. The number of benzene rings is 2. The number of hydrogen-bond acceptors (Lipinski definition) is 6. The molecule has 1 aromatic heterocycles. The van der Waals surface area contributed by atoms with Gasteiger partial charge in [0.1, 0.15) is 17.9 Å². The highest BCUT2D eigenvalue weighted by Gasteiger charge is 2.10. The lowest BCUT2D eigenvalue weighted by atomic mass is 10.1. The van der Waals surface area contributed by atoms with Gasteiger partial charge in [-0.15, -0.1) is 0 Å². The molecule has 0 radical (unpaired) electrons. The van der Waals surface area contributed by atoms with Crippen molar-refractivity contribution in [2.75, 3.05) is 33.0 Å². The quantitative estimate of drug-likeness (QED) is 0.384. The Morgan fingerprint density at radius 1 is 1.03 bits per heavy atom. The van der Waals surface area contributed by atoms with E-state index < -0.39 is 0 Å². The predicted octanol–water partition coefficient (Wildman–Crippen LogP) is 2.62. The Hall–Kier alpha value is -2.68. The monoisotopic (exact) mass is 430 g/mol. The van der Waals surface area contributed by atoms with Gasteiger partial charge in [-0.25, -0.2) is 0 Å². The van der Waals surface area contributed by atoms with Crippen molar-refractivity contribution in [2.45, 2.75) is 19.3 Å². The van der Waals surface area contributed by atoms with E-state index in [1.165, 1.54) is 5.56 Å². The Balaban J connectivity index is 1.24. The van der Waals surface area contributed by atoms with E-state index in [1.807, 2.05) is 18.2 Å². The van der Waals surface area contributed by atoms with Crippen LogP contribution in [0.4, 0.5) is 0 Å². The summed E-state index contributed by atoms with van der Waals surface area (Å²) in [6.45, 7) is 2.17. The molecule has 160 valence electrons. The van der Waals surface area contributed by atoms with E-state index in [1.54, 1.807) is 12.1 Å². The average molecular weight is 431 g/mol. The summed E-state index contributed by atoms with van der Waals surface area (Å²) in [5, 5.41) is 12.6. The highest BCUT2D eigenvalue weighted by molar-refractivity contribution is 7.16. The molecular weight excluding hydrogens is 404 g/mol. The minimum Gasteiger partial charge on any atom is -0.506 e. The molecule has 0 unspecified atom stereocenters. The van der Waals surface area contributed by atoms with Gasteiger partial charge < -0.3 is 24.9 Å². The minimum absolute atomic E-state index is 0.00644. The van der Waals surface area contributed by atoms with Crippen LogP contribution in [0.5, 0.6) is 5.75 Å². The van der Waals surface area contributed by atoms with Crippen LogP contribution >= 0.6 is 11.3 Å². The first-order chi connectivity index (χ1) is 14.6. The third-order valence-corrected chi connectivity index (χ3v) is 5.50. The number of carbonyl (C=O) groups is 1. The zero-order chi connectivity index (χ0) is 21.2. The summed E-state index contributed by atoms with van der Waals surface area (Å²) in [5.74, 6) is -0.133. The van der Waals surface area contributed by atoms with Crippen LogP contribution in [-0.4, -0.2) is 49.0 Å². The highest BCUT2D eigenvalue weighted by atomic mass is 32.1. The number of aromatic hydroxyl groups is 1. The molecular formula is C22H26N2O5S. The molecule has 3 rings (SSSR count). The van der Waals surface area contributed by atoms with Gasteiger partial charge in [-0.3, -0.25) is 9.59 Å². The Kier molecular flexibility index (Phi) is 8.43. The molecule has 1 heterocycles. The Morgan fingerprint density at radius 3 is 2.67 bits per heavy atom. The summed E-state index contributed by atoms with van der Waals surface area (Å²) in [7, 11) is 0. The fourth-order valence-electron chi connectivity index (χ4n) is 3.02. The van der Waals surface area contributed by atoms with Crippen molar-refractivity contribution in [1.82, 2.24) is 10.3 Å². The van der Waals surface area contributed by atoms with Crippen molar-refractivity contribution < 1.29 is 19.4 Å². The van der Waals surface area contributed by atoms with Gasteiger partial charge in [0.2, 0.25) is 5.91 Å². The number of phenols is 1. The van der Waals surface area contributed by atoms with Gasteiger partial charge in [0.25, 0.3) is 0 Å². The Bertz CT molecular complexity index is 1000. The lowest BCUT2D eigenvalue weighted by Crippen LogP contribution is -2.29. The van der Waals surface area contributed by atoms with Gasteiger partial charge in [-0.1, -0.05) is 47.7 Å². The normalized spacial score (nSPS) is 11.1. The zero-order valence-electron chi connectivity index (χ0n) is 16.7. The van der Waals surface area contributed by atoms with E-state index in [4.69, 9.17) is 9.47 Å². The molecule has 0 atom stereocenters. The van der Waals surface area contributed by atoms with Crippen molar-refractivity contribution >= 4 is 27.5 Å². The molecule has 0 saturated carbocycles. The number of amides is 1. The first-order valence-corrected chi connectivity index (χ1v) is 10.7. The number of fused-ring (bicyclic) bond motifs is 1. The number of phenolic OH excluding ortho intramolecular Hbond substituents is 1. The maximum atomic E-state index is 11.9. The number of H-pyrrole nitrogens is 1. The van der Waals surface area contributed by atoms with E-state index in [2.05, 4.69) is 22.4 Å². The number of ether oxygens (including phenoxy) is 2. The van der Waals surface area contributed by atoms with Crippen LogP contribution in [0.15, 0.2) is 47.3 Å². The largest absolute Gasteiger partial charge is 0.506 e. The van der Waals surface area contributed by atoms with Crippen LogP contribution in [0.3, 0.4) is 0 Å². The smallest absolute Gasteiger partial charge is 0.305 e. The maximum Gasteiger partial charge on any atom is 0.305 e. The number of aromatic amines is 1. The van der Waals surface area contributed by atoms with Crippen molar-refractivity contribution in [3.63, 3.8) is 0 Å². The van der Waals surface area contributed by atoms with Crippen LogP contribution in [0, 0.1) is 0 Å². The van der Waals surface area contributed by atoms with Gasteiger partial charge in [0.05, 0.1) is 11.3 Å². The number of aromatic nitrogens is 1. The van der Waals surface area contributed by atoms with E-state index in [-0.39, 0.29) is 23.1 Å². The van der Waals surface area contributed by atoms with Crippen LogP contribution < -0.4 is 10.2 Å². The van der Waals surface area contributed by atoms with Crippen molar-refractivity contribution in [3.05, 3.63) is 63.3 Å². The molecule has 3 N–H and O–H groups in total. The molecule has 3 aromatic rings. The predicted molar refractivity (Wildman–Crippen MR) is 117 cm³/mol. The van der Waals surface area contributed by atoms with E-state index in [0.29, 0.717) is 38.3 Å². The summed E-state index contributed by atoms with van der Waals surface area (Å²) >= 11 is 1.05. The van der Waals surface area contributed by atoms with E-state index in [0.717, 1.165) is 34.4 Å². The topological polar surface area (TPSA) is 101 Å². The number of hydrogen-bond donors (Lipinski definition) is 3. The first-order valence-electron chi connectivity index (χ1n) is 9.93. The van der Waals surface area contributed by atoms with Crippen molar-refractivity contribution in [3.8, 4) is 5.75 Å². The minimum atomic E-state index is -0.214. The van der Waals surface area contributed by atoms with Crippen molar-refractivity contribution in [2.24, 2.45) is 0 Å². The molecule has 0 aliphatic rings. The zero-order valence-corrected chi connectivity index (χ0v) is 17.5. The Morgan fingerprint density at radius 2 is 1.83 bits per heavy atom. The molecule has 30 heavy (non-hydrogen) atoms. The fraction of sp³-hybridized carbons (Fsp3) is 0.364. The molecule has 7 nitrogen and oxygen atoms in total. The van der Waals surface area contributed by atoms with Gasteiger partial charge >= 0.3 is 4.87 Å². The van der Waals surface area contributed by atoms with E-state index in [9.17, 15) is 14.7 Å². The fourth-order valence-corrected chi connectivity index (χ4v) is 3.92. The number of nitrogens with one attached hydrogen (secondary N) is 2. The summed E-state index contributed by atoms with van der Waals surface area (Å²) in [6, 6.07) is 13.5. The van der Waals surface area contributed by atoms with Crippen LogP contribution in [0.25, 0.3) is 10.2 Å². The molecule has 0 bridgehead atoms. The maximum absolute atomic E-state index is 11.9. The lowest BCUT2D eigenvalue weighted by molar-refractivity contribution is -0.125. The third-order valence-electron chi connectivity index (χ3n) is 4.54. The summed E-state index contributed by atoms with van der Waals surface area (Å²) in [6.07, 6.45) is 2.18.